The van der Waals surface area contributed by atoms with Crippen molar-refractivity contribution >= 4 is 29.5 Å². The highest BCUT2D eigenvalue weighted by atomic mass is 32.2. The van der Waals surface area contributed by atoms with Crippen LogP contribution in [0.2, 0.25) is 0 Å². The van der Waals surface area contributed by atoms with Crippen molar-refractivity contribution in [2.45, 2.75) is 73.2 Å². The number of benzene rings is 2. The van der Waals surface area contributed by atoms with Gasteiger partial charge in [0.1, 0.15) is 0 Å². The van der Waals surface area contributed by atoms with Crippen molar-refractivity contribution in [3.05, 3.63) is 60.7 Å². The maximum absolute atomic E-state index is 12.5. The standard InChI is InChI=1S/C27H34O3S2/c1-18(2)22-15-14-19(3)16-24(22)29-26-23(17-25(28)30-26)27(31-20-10-6-4-7-11-20)32-21-12-8-5-9-13-21/h4-13,18-19,22-24,26-27H,14-17H2,1-3H3/t19?,22?,23-,24?,26-/m1/s1. The molecule has 1 saturated heterocycles. The quantitative estimate of drug-likeness (QED) is 0.230. The second-order valence-corrected chi connectivity index (χ2v) is 12.2. The van der Waals surface area contributed by atoms with E-state index in [0.717, 1.165) is 6.42 Å². The number of thioether (sulfide) groups is 2. The van der Waals surface area contributed by atoms with Gasteiger partial charge in [0.15, 0.2) is 0 Å². The lowest BCUT2D eigenvalue weighted by atomic mass is 9.75. The highest BCUT2D eigenvalue weighted by Gasteiger charge is 2.45. The molecule has 1 saturated carbocycles. The molecule has 2 fully saturated rings. The van der Waals surface area contributed by atoms with Crippen LogP contribution in [0.4, 0.5) is 0 Å². The Balaban J connectivity index is 1.55. The number of rotatable bonds is 8. The van der Waals surface area contributed by atoms with Gasteiger partial charge in [-0.15, -0.1) is 23.5 Å². The van der Waals surface area contributed by atoms with Gasteiger partial charge in [-0.2, -0.15) is 0 Å². The molecular formula is C27H34O3S2. The van der Waals surface area contributed by atoms with E-state index in [2.05, 4.69) is 69.3 Å². The summed E-state index contributed by atoms with van der Waals surface area (Å²) in [6.45, 7) is 6.88. The van der Waals surface area contributed by atoms with Gasteiger partial charge in [-0.3, -0.25) is 4.79 Å². The number of carbonyl (C=O) groups excluding carboxylic acids is 1. The maximum atomic E-state index is 12.5. The number of esters is 1. The van der Waals surface area contributed by atoms with Crippen LogP contribution in [0.25, 0.3) is 0 Å². The van der Waals surface area contributed by atoms with Gasteiger partial charge >= 0.3 is 5.97 Å². The van der Waals surface area contributed by atoms with Crippen molar-refractivity contribution in [2.24, 2.45) is 23.7 Å². The first-order valence-corrected chi connectivity index (χ1v) is 13.5. The van der Waals surface area contributed by atoms with Crippen LogP contribution in [-0.4, -0.2) is 22.9 Å². The summed E-state index contributed by atoms with van der Waals surface area (Å²) in [5.41, 5.74) is 0. The molecule has 5 heteroatoms. The lowest BCUT2D eigenvalue weighted by Crippen LogP contribution is -2.39. The fourth-order valence-corrected chi connectivity index (χ4v) is 7.64. The summed E-state index contributed by atoms with van der Waals surface area (Å²) in [7, 11) is 0. The van der Waals surface area contributed by atoms with E-state index in [4.69, 9.17) is 9.47 Å². The first-order valence-electron chi connectivity index (χ1n) is 11.8. The zero-order chi connectivity index (χ0) is 22.5. The predicted molar refractivity (Wildman–Crippen MR) is 133 cm³/mol. The number of hydrogen-bond acceptors (Lipinski definition) is 5. The summed E-state index contributed by atoms with van der Waals surface area (Å²) in [4.78, 5) is 14.9. The molecule has 1 aliphatic heterocycles. The Morgan fingerprint density at radius 1 is 0.906 bits per heavy atom. The molecule has 32 heavy (non-hydrogen) atoms. The molecule has 2 aliphatic rings. The van der Waals surface area contributed by atoms with Crippen molar-refractivity contribution < 1.29 is 14.3 Å². The van der Waals surface area contributed by atoms with Gasteiger partial charge in [0.25, 0.3) is 0 Å². The minimum Gasteiger partial charge on any atom is -0.435 e. The first kappa shape index (κ1) is 23.7. The molecule has 3 unspecified atom stereocenters. The number of cyclic esters (lactones) is 1. The topological polar surface area (TPSA) is 35.5 Å². The predicted octanol–water partition coefficient (Wildman–Crippen LogP) is 7.26. The van der Waals surface area contributed by atoms with E-state index in [1.165, 1.54) is 22.6 Å². The van der Waals surface area contributed by atoms with E-state index in [9.17, 15) is 4.79 Å². The van der Waals surface area contributed by atoms with Crippen molar-refractivity contribution in [2.75, 3.05) is 0 Å². The van der Waals surface area contributed by atoms with E-state index in [1.54, 1.807) is 0 Å². The molecule has 1 aliphatic carbocycles. The summed E-state index contributed by atoms with van der Waals surface area (Å²) in [6, 6.07) is 20.9. The Bertz CT molecular complexity index is 816. The highest BCUT2D eigenvalue weighted by Crippen LogP contribution is 2.46. The maximum Gasteiger partial charge on any atom is 0.308 e. The van der Waals surface area contributed by atoms with E-state index < -0.39 is 6.29 Å². The zero-order valence-corrected chi connectivity index (χ0v) is 20.8. The molecule has 2 aromatic carbocycles. The molecule has 5 atom stereocenters. The fourth-order valence-electron chi connectivity index (χ4n) is 4.82. The van der Waals surface area contributed by atoms with Crippen LogP contribution in [0.3, 0.4) is 0 Å². The van der Waals surface area contributed by atoms with E-state index >= 15 is 0 Å². The van der Waals surface area contributed by atoms with E-state index in [1.807, 2.05) is 35.7 Å². The molecular weight excluding hydrogens is 436 g/mol. The Morgan fingerprint density at radius 3 is 2.06 bits per heavy atom. The van der Waals surface area contributed by atoms with Gasteiger partial charge in [0.05, 0.1) is 23.0 Å². The summed E-state index contributed by atoms with van der Waals surface area (Å²) >= 11 is 3.61. The minimum absolute atomic E-state index is 0.00274. The Labute approximate surface area is 201 Å². The van der Waals surface area contributed by atoms with Crippen LogP contribution in [-0.2, 0) is 14.3 Å². The van der Waals surface area contributed by atoms with Crippen LogP contribution in [0, 0.1) is 23.7 Å². The lowest BCUT2D eigenvalue weighted by Gasteiger charge is -2.39. The molecule has 3 nitrogen and oxygen atoms in total. The number of ether oxygens (including phenoxy) is 2. The van der Waals surface area contributed by atoms with E-state index in [0.29, 0.717) is 24.2 Å². The molecule has 0 bridgehead atoms. The third-order valence-corrected chi connectivity index (χ3v) is 9.44. The molecule has 0 N–H and O–H groups in total. The molecule has 0 radical (unpaired) electrons. The van der Waals surface area contributed by atoms with Crippen molar-refractivity contribution in [3.8, 4) is 0 Å². The van der Waals surface area contributed by atoms with Gasteiger partial charge in [-0.25, -0.2) is 0 Å². The van der Waals surface area contributed by atoms with Crippen LogP contribution < -0.4 is 0 Å². The van der Waals surface area contributed by atoms with Crippen molar-refractivity contribution in [1.29, 1.82) is 0 Å². The molecule has 0 aromatic heterocycles. The molecule has 0 amide bonds. The van der Waals surface area contributed by atoms with Gasteiger partial charge < -0.3 is 9.47 Å². The summed E-state index contributed by atoms with van der Waals surface area (Å²) in [6.07, 6.45) is 3.58. The second kappa shape index (κ2) is 11.1. The molecule has 2 aromatic rings. The van der Waals surface area contributed by atoms with Crippen LogP contribution >= 0.6 is 23.5 Å². The highest BCUT2D eigenvalue weighted by molar-refractivity contribution is 8.17. The average molecular weight is 471 g/mol. The third-order valence-electron chi connectivity index (χ3n) is 6.61. The van der Waals surface area contributed by atoms with Gasteiger partial charge in [0, 0.05) is 9.79 Å². The minimum atomic E-state index is -0.475. The molecule has 1 heterocycles. The van der Waals surface area contributed by atoms with Crippen LogP contribution in [0.1, 0.15) is 46.5 Å². The Kier molecular flexibility index (Phi) is 8.25. The van der Waals surface area contributed by atoms with Gasteiger partial charge in [0.2, 0.25) is 6.29 Å². The second-order valence-electron chi connectivity index (χ2n) is 9.46. The Hall–Kier alpha value is -1.43. The SMILES string of the molecule is CC1CCC(C(C)C)C(O[C@@H]2OC(=O)C[C@H]2C(Sc2ccccc2)Sc2ccccc2)C1. The summed E-state index contributed by atoms with van der Waals surface area (Å²) in [5, 5.41) is 0. The number of carbonyl (C=O) groups is 1. The van der Waals surface area contributed by atoms with Crippen molar-refractivity contribution in [1.82, 2.24) is 0 Å². The zero-order valence-electron chi connectivity index (χ0n) is 19.2. The third kappa shape index (κ3) is 6.12. The molecule has 0 spiro atoms. The normalized spacial score (nSPS) is 28.3. The smallest absolute Gasteiger partial charge is 0.308 e. The van der Waals surface area contributed by atoms with Gasteiger partial charge in [-0.1, -0.05) is 63.6 Å². The lowest BCUT2D eigenvalue weighted by molar-refractivity contribution is -0.194. The monoisotopic (exact) mass is 470 g/mol. The van der Waals surface area contributed by atoms with Crippen molar-refractivity contribution in [3.63, 3.8) is 0 Å². The Morgan fingerprint density at radius 2 is 1.50 bits per heavy atom. The average Bonchev–Trinajstić information content (AvgIpc) is 3.14. The first-order chi connectivity index (χ1) is 15.5. The van der Waals surface area contributed by atoms with Crippen LogP contribution in [0.5, 0.6) is 0 Å². The number of hydrogen-bond donors (Lipinski definition) is 0. The molecule has 172 valence electrons. The van der Waals surface area contributed by atoms with Gasteiger partial charge in [-0.05, 0) is 54.9 Å². The molecule has 4 rings (SSSR count). The van der Waals surface area contributed by atoms with E-state index in [-0.39, 0.29) is 22.6 Å². The fraction of sp³-hybridized carbons (Fsp3) is 0.519. The summed E-state index contributed by atoms with van der Waals surface area (Å²) in [5.74, 6) is 1.60. The largest absolute Gasteiger partial charge is 0.435 e. The summed E-state index contributed by atoms with van der Waals surface area (Å²) < 4.78 is 12.6. The van der Waals surface area contributed by atoms with Crippen LogP contribution in [0.15, 0.2) is 70.5 Å².